The van der Waals surface area contributed by atoms with E-state index in [1.807, 2.05) is 60.9 Å². The topological polar surface area (TPSA) is 56.3 Å². The molecule has 0 radical (unpaired) electrons. The third-order valence-corrected chi connectivity index (χ3v) is 7.27. The molecule has 0 bridgehead atoms. The highest BCUT2D eigenvalue weighted by atomic mass is 35.5. The number of halogens is 2. The zero-order valence-electron chi connectivity index (χ0n) is 22.4. The molecule has 198 valence electrons. The lowest BCUT2D eigenvalue weighted by atomic mass is 10.1. The zero-order valence-corrected chi connectivity index (χ0v) is 23.9. The third-order valence-electron chi connectivity index (χ3n) is 6.80. The van der Waals surface area contributed by atoms with Gasteiger partial charge in [0.15, 0.2) is 16.0 Å². The Kier molecular flexibility index (Phi) is 10.9. The van der Waals surface area contributed by atoms with Crippen LogP contribution in [0.15, 0.2) is 60.9 Å². The molecule has 0 unspecified atom stereocenters. The van der Waals surface area contributed by atoms with Crippen molar-refractivity contribution in [1.29, 1.82) is 0 Å². The Morgan fingerprint density at radius 3 is 1.47 bits per heavy atom. The van der Waals surface area contributed by atoms with Crippen molar-refractivity contribution in [3.63, 3.8) is 0 Å². The van der Waals surface area contributed by atoms with Crippen LogP contribution >= 0.6 is 23.2 Å². The maximum atomic E-state index is 6.10. The van der Waals surface area contributed by atoms with Gasteiger partial charge in [-0.05, 0) is 100 Å². The number of nitrogens with zero attached hydrogens (tertiary/aromatic N) is 4. The number of hydrogen-bond acceptors (Lipinski definition) is 6. The van der Waals surface area contributed by atoms with Crippen molar-refractivity contribution in [2.75, 3.05) is 49.9 Å². The quantitative estimate of drug-likeness (QED) is 0.163. The second-order valence-electron chi connectivity index (χ2n) is 9.91. The summed E-state index contributed by atoms with van der Waals surface area (Å²) in [5, 5.41) is 10.8. The summed E-state index contributed by atoms with van der Waals surface area (Å²) in [5.41, 5.74) is 4.08. The summed E-state index contributed by atoms with van der Waals surface area (Å²) < 4.78 is 0. The zero-order chi connectivity index (χ0) is 26.7. The highest BCUT2D eigenvalue weighted by Gasteiger charge is 2.05. The summed E-state index contributed by atoms with van der Waals surface area (Å²) in [7, 11) is 4.44. The molecule has 10 heteroatoms. The molecule has 6 nitrogen and oxygen atoms in total. The van der Waals surface area contributed by atoms with Crippen LogP contribution in [0.3, 0.4) is 0 Å². The van der Waals surface area contributed by atoms with Crippen molar-refractivity contribution >= 4 is 72.3 Å². The average molecular weight is 549 g/mol. The van der Waals surface area contributed by atoms with Gasteiger partial charge in [-0.15, -0.1) is 0 Å². The van der Waals surface area contributed by atoms with Crippen LogP contribution in [0, 0.1) is 0 Å². The Morgan fingerprint density at radius 2 is 1.03 bits per heavy atom. The SMILES string of the molecule is BN(CCCCN(B)CCCNc1ccnc2cc(Cl)ccc12)CCCNc1ccnc2cc(Cl)ccc12. The van der Waals surface area contributed by atoms with Crippen LogP contribution < -0.4 is 10.6 Å². The van der Waals surface area contributed by atoms with Crippen molar-refractivity contribution < 1.29 is 0 Å². The number of hydrogen-bond donors (Lipinski definition) is 2. The molecule has 0 spiro atoms. The Bertz CT molecular complexity index is 1220. The van der Waals surface area contributed by atoms with E-state index in [4.69, 9.17) is 23.2 Å². The summed E-state index contributed by atoms with van der Waals surface area (Å²) in [6.07, 6.45) is 8.29. The molecule has 0 aliphatic carbocycles. The lowest BCUT2D eigenvalue weighted by molar-refractivity contribution is 0.393. The largest absolute Gasteiger partial charge is 0.384 e. The summed E-state index contributed by atoms with van der Waals surface area (Å²) >= 11 is 12.2. The van der Waals surface area contributed by atoms with E-state index < -0.39 is 0 Å². The Labute approximate surface area is 238 Å². The minimum Gasteiger partial charge on any atom is -0.384 e. The Hall–Kier alpha value is -2.51. The molecule has 2 heterocycles. The van der Waals surface area contributed by atoms with Gasteiger partial charge in [-0.25, -0.2) is 0 Å². The normalized spacial score (nSPS) is 11.6. The van der Waals surface area contributed by atoms with Gasteiger partial charge >= 0.3 is 0 Å². The molecule has 0 fully saturated rings. The monoisotopic (exact) mass is 548 g/mol. The molecule has 2 aromatic heterocycles. The fourth-order valence-corrected chi connectivity index (χ4v) is 5.01. The van der Waals surface area contributed by atoms with Crippen LogP contribution in [0.2, 0.25) is 10.0 Å². The van der Waals surface area contributed by atoms with E-state index in [1.165, 1.54) is 12.8 Å². The molecule has 0 saturated heterocycles. The first kappa shape index (κ1) is 28.5. The predicted octanol–water partition coefficient (Wildman–Crippen LogP) is 4.87. The number of rotatable bonds is 15. The number of aromatic nitrogens is 2. The van der Waals surface area contributed by atoms with Crippen molar-refractivity contribution in [3.05, 3.63) is 71.0 Å². The summed E-state index contributed by atoms with van der Waals surface area (Å²) in [6, 6.07) is 15.8. The molecule has 0 aliphatic heterocycles. The lowest BCUT2D eigenvalue weighted by Gasteiger charge is -2.20. The molecule has 0 amide bonds. The lowest BCUT2D eigenvalue weighted by Crippen LogP contribution is -2.27. The van der Waals surface area contributed by atoms with Crippen molar-refractivity contribution in [1.82, 2.24) is 19.6 Å². The first-order valence-electron chi connectivity index (χ1n) is 13.4. The Balaban J connectivity index is 1.05. The summed E-state index contributed by atoms with van der Waals surface area (Å²) in [4.78, 5) is 13.7. The van der Waals surface area contributed by atoms with E-state index in [0.29, 0.717) is 10.0 Å². The molecule has 2 N–H and O–H groups in total. The van der Waals surface area contributed by atoms with E-state index in [0.717, 1.165) is 85.3 Å². The van der Waals surface area contributed by atoms with Crippen molar-refractivity contribution in [2.45, 2.75) is 25.7 Å². The fraction of sp³-hybridized carbons (Fsp3) is 0.357. The second-order valence-corrected chi connectivity index (χ2v) is 10.8. The molecule has 0 saturated carbocycles. The van der Waals surface area contributed by atoms with Crippen LogP contribution in [0.1, 0.15) is 25.7 Å². The van der Waals surface area contributed by atoms with Gasteiger partial charge in [0.2, 0.25) is 0 Å². The van der Waals surface area contributed by atoms with Crippen LogP contribution in [-0.2, 0) is 0 Å². The molecule has 0 aliphatic rings. The van der Waals surface area contributed by atoms with E-state index >= 15 is 0 Å². The molecule has 38 heavy (non-hydrogen) atoms. The summed E-state index contributed by atoms with van der Waals surface area (Å²) in [5.74, 6) is 0. The average Bonchev–Trinajstić information content (AvgIpc) is 2.91. The van der Waals surface area contributed by atoms with Gasteiger partial charge in [0.05, 0.1) is 11.0 Å². The Morgan fingerprint density at radius 1 is 0.605 bits per heavy atom. The first-order chi connectivity index (χ1) is 18.5. The van der Waals surface area contributed by atoms with Gasteiger partial charge < -0.3 is 20.3 Å². The summed E-state index contributed by atoms with van der Waals surface area (Å²) in [6.45, 7) is 6.30. The van der Waals surface area contributed by atoms with Gasteiger partial charge in [0.25, 0.3) is 0 Å². The molecular formula is C28H36B2Cl2N6. The van der Waals surface area contributed by atoms with E-state index in [1.54, 1.807) is 0 Å². The number of benzene rings is 2. The number of unbranched alkanes of at least 4 members (excludes halogenated alkanes) is 1. The molecular weight excluding hydrogens is 513 g/mol. The smallest absolute Gasteiger partial charge is 0.185 e. The minimum atomic E-state index is 0.716. The number of fused-ring (bicyclic) bond motifs is 2. The first-order valence-corrected chi connectivity index (χ1v) is 14.2. The van der Waals surface area contributed by atoms with E-state index in [2.05, 4.69) is 46.2 Å². The van der Waals surface area contributed by atoms with Crippen molar-refractivity contribution in [2.24, 2.45) is 0 Å². The van der Waals surface area contributed by atoms with Gasteiger partial charge in [-0.2, -0.15) is 0 Å². The maximum absolute atomic E-state index is 6.10. The number of anilines is 2. The number of nitrogens with one attached hydrogen (secondary N) is 2. The standard InChI is InChI=1S/C28H36B2Cl2N6/c29-37(17-3-11-33-25-9-13-35-27-19-21(31)5-7-23(25)27)15-1-2-16-38(30)18-4-12-34-26-10-14-36-28-20-22(32)6-8-24(26)28/h5-10,13-14,19-20H,1-4,11-12,15-18,29-30H2,(H,33,35)(H,34,36). The van der Waals surface area contributed by atoms with Gasteiger partial charge in [0.1, 0.15) is 0 Å². The van der Waals surface area contributed by atoms with Crippen molar-refractivity contribution in [3.8, 4) is 0 Å². The third kappa shape index (κ3) is 8.50. The van der Waals surface area contributed by atoms with Crippen LogP contribution in [-0.4, -0.2) is 74.8 Å². The van der Waals surface area contributed by atoms with E-state index in [-0.39, 0.29) is 0 Å². The molecule has 2 aromatic carbocycles. The predicted molar refractivity (Wildman–Crippen MR) is 169 cm³/mol. The van der Waals surface area contributed by atoms with E-state index in [9.17, 15) is 0 Å². The van der Waals surface area contributed by atoms with Gasteiger partial charge in [-0.1, -0.05) is 23.2 Å². The van der Waals surface area contributed by atoms with Gasteiger partial charge in [-0.3, -0.25) is 9.97 Å². The minimum absolute atomic E-state index is 0.716. The highest BCUT2D eigenvalue weighted by Crippen LogP contribution is 2.25. The highest BCUT2D eigenvalue weighted by molar-refractivity contribution is 6.31. The maximum Gasteiger partial charge on any atom is 0.185 e. The van der Waals surface area contributed by atoms with Crippen LogP contribution in [0.4, 0.5) is 11.4 Å². The second kappa shape index (κ2) is 14.6. The molecule has 4 rings (SSSR count). The van der Waals surface area contributed by atoms with Crippen LogP contribution in [0.25, 0.3) is 21.8 Å². The number of pyridine rings is 2. The molecule has 0 atom stereocenters. The fourth-order valence-electron chi connectivity index (χ4n) is 4.68. The molecule has 4 aromatic rings. The van der Waals surface area contributed by atoms with Gasteiger partial charge in [0, 0.05) is 57.7 Å². The van der Waals surface area contributed by atoms with Crippen LogP contribution in [0.5, 0.6) is 0 Å².